The van der Waals surface area contributed by atoms with Crippen LogP contribution >= 0.6 is 15.9 Å². The Bertz CT molecular complexity index is 933. The summed E-state index contributed by atoms with van der Waals surface area (Å²) in [6.45, 7) is 4.25. The Labute approximate surface area is 167 Å². The van der Waals surface area contributed by atoms with E-state index < -0.39 is 15.9 Å². The van der Waals surface area contributed by atoms with Crippen LogP contribution < -0.4 is 10.1 Å². The highest BCUT2D eigenvalue weighted by Crippen LogP contribution is 2.29. The van der Waals surface area contributed by atoms with Crippen molar-refractivity contribution in [3.8, 4) is 5.75 Å². The van der Waals surface area contributed by atoms with Crippen LogP contribution in [0.1, 0.15) is 19.6 Å². The SMILES string of the molecule is CCN(CC)S(=O)(=O)c1ccc(OC)c(NC(=O)/C=C/c2ccc(Br)o2)c1. The molecule has 9 heteroatoms. The molecule has 0 unspecified atom stereocenters. The van der Waals surface area contributed by atoms with E-state index in [0.717, 1.165) is 0 Å². The number of benzene rings is 1. The number of furan rings is 1. The fourth-order valence-electron chi connectivity index (χ4n) is 2.41. The zero-order valence-electron chi connectivity index (χ0n) is 15.2. The maximum absolute atomic E-state index is 12.7. The van der Waals surface area contributed by atoms with Crippen LogP contribution in [0.3, 0.4) is 0 Å². The van der Waals surface area contributed by atoms with Gasteiger partial charge in [-0.05, 0) is 52.3 Å². The van der Waals surface area contributed by atoms with Gasteiger partial charge in [-0.3, -0.25) is 4.79 Å². The summed E-state index contributed by atoms with van der Waals surface area (Å²) in [5, 5.41) is 2.64. The Balaban J connectivity index is 2.27. The van der Waals surface area contributed by atoms with E-state index >= 15 is 0 Å². The summed E-state index contributed by atoms with van der Waals surface area (Å²) in [4.78, 5) is 12.3. The minimum absolute atomic E-state index is 0.0845. The summed E-state index contributed by atoms with van der Waals surface area (Å²) in [5.41, 5.74) is 0.265. The van der Waals surface area contributed by atoms with Gasteiger partial charge in [0.2, 0.25) is 15.9 Å². The number of amides is 1. The topological polar surface area (TPSA) is 88.9 Å². The molecule has 1 heterocycles. The quantitative estimate of drug-likeness (QED) is 0.611. The van der Waals surface area contributed by atoms with Crippen molar-refractivity contribution in [2.45, 2.75) is 18.7 Å². The molecule has 146 valence electrons. The molecule has 1 amide bonds. The summed E-state index contributed by atoms with van der Waals surface area (Å²) in [6, 6.07) is 7.77. The van der Waals surface area contributed by atoms with Crippen molar-refractivity contribution in [2.24, 2.45) is 0 Å². The van der Waals surface area contributed by atoms with Crippen LogP contribution in [0, 0.1) is 0 Å². The van der Waals surface area contributed by atoms with E-state index in [0.29, 0.717) is 29.3 Å². The normalized spacial score (nSPS) is 11.9. The van der Waals surface area contributed by atoms with Crippen LogP contribution in [0.4, 0.5) is 5.69 Å². The van der Waals surface area contributed by atoms with Gasteiger partial charge in [0.25, 0.3) is 0 Å². The lowest BCUT2D eigenvalue weighted by molar-refractivity contribution is -0.111. The van der Waals surface area contributed by atoms with Crippen LogP contribution in [0.5, 0.6) is 5.75 Å². The standard InChI is InChI=1S/C18H21BrN2O5S/c1-4-21(5-2)27(23,24)14-8-9-16(25-3)15(12-14)20-18(22)11-7-13-6-10-17(19)26-13/h6-12H,4-5H2,1-3H3,(H,20,22)/b11-7+. The summed E-state index contributed by atoms with van der Waals surface area (Å²) in [6.07, 6.45) is 2.79. The molecule has 2 rings (SSSR count). The van der Waals surface area contributed by atoms with Gasteiger partial charge >= 0.3 is 0 Å². The number of rotatable bonds is 8. The van der Waals surface area contributed by atoms with Crippen LogP contribution in [0.15, 0.2) is 50.4 Å². The highest BCUT2D eigenvalue weighted by molar-refractivity contribution is 9.10. The molecule has 2 aromatic rings. The minimum atomic E-state index is -3.65. The third kappa shape index (κ3) is 5.21. The van der Waals surface area contributed by atoms with Gasteiger partial charge in [0.05, 0.1) is 17.7 Å². The monoisotopic (exact) mass is 456 g/mol. The summed E-state index contributed by atoms with van der Waals surface area (Å²) in [7, 11) is -2.20. The first-order valence-corrected chi connectivity index (χ1v) is 10.5. The second kappa shape index (κ2) is 9.20. The first kappa shape index (κ1) is 21.2. The Kier molecular flexibility index (Phi) is 7.23. The molecule has 0 saturated heterocycles. The number of methoxy groups -OCH3 is 1. The number of anilines is 1. The van der Waals surface area contributed by atoms with Crippen LogP contribution in [0.25, 0.3) is 6.08 Å². The van der Waals surface area contributed by atoms with Crippen molar-refractivity contribution >= 4 is 43.6 Å². The van der Waals surface area contributed by atoms with E-state index in [2.05, 4.69) is 21.2 Å². The molecule has 27 heavy (non-hydrogen) atoms. The number of hydrogen-bond acceptors (Lipinski definition) is 5. The lowest BCUT2D eigenvalue weighted by Gasteiger charge is -2.19. The van der Waals surface area contributed by atoms with E-state index in [1.54, 1.807) is 26.0 Å². The summed E-state index contributed by atoms with van der Waals surface area (Å²) < 4.78 is 37.8. The molecule has 0 bridgehead atoms. The zero-order valence-corrected chi connectivity index (χ0v) is 17.6. The van der Waals surface area contributed by atoms with Crippen molar-refractivity contribution in [3.05, 3.63) is 46.8 Å². The second-order valence-corrected chi connectivity index (χ2v) is 8.14. The molecule has 0 aliphatic heterocycles. The van der Waals surface area contributed by atoms with Gasteiger partial charge in [-0.25, -0.2) is 8.42 Å². The fourth-order valence-corrected chi connectivity index (χ4v) is 4.21. The lowest BCUT2D eigenvalue weighted by Crippen LogP contribution is -2.30. The molecule has 0 atom stereocenters. The molecule has 0 fully saturated rings. The van der Waals surface area contributed by atoms with Gasteiger partial charge in [-0.1, -0.05) is 13.8 Å². The Morgan fingerprint density at radius 3 is 2.52 bits per heavy atom. The zero-order chi connectivity index (χ0) is 20.0. The van der Waals surface area contributed by atoms with E-state index in [9.17, 15) is 13.2 Å². The molecule has 0 saturated carbocycles. The molecule has 1 aromatic heterocycles. The molecule has 1 aromatic carbocycles. The number of carbonyl (C=O) groups excluding carboxylic acids is 1. The highest BCUT2D eigenvalue weighted by Gasteiger charge is 2.23. The number of nitrogens with zero attached hydrogens (tertiary/aromatic N) is 1. The van der Waals surface area contributed by atoms with Crippen LogP contribution in [0.2, 0.25) is 0 Å². The maximum atomic E-state index is 12.7. The highest BCUT2D eigenvalue weighted by atomic mass is 79.9. The van der Waals surface area contributed by atoms with Crippen molar-refractivity contribution in [1.29, 1.82) is 0 Å². The minimum Gasteiger partial charge on any atom is -0.495 e. The predicted molar refractivity (Wildman–Crippen MR) is 107 cm³/mol. The average molecular weight is 457 g/mol. The van der Waals surface area contributed by atoms with Crippen LogP contribution in [-0.2, 0) is 14.8 Å². The Hall–Kier alpha value is -2.10. The third-order valence-electron chi connectivity index (χ3n) is 3.76. The van der Waals surface area contributed by atoms with Crippen molar-refractivity contribution in [1.82, 2.24) is 4.31 Å². The fraction of sp³-hybridized carbons (Fsp3) is 0.278. The third-order valence-corrected chi connectivity index (χ3v) is 6.24. The van der Waals surface area contributed by atoms with Gasteiger partial charge in [-0.2, -0.15) is 4.31 Å². The Morgan fingerprint density at radius 1 is 1.26 bits per heavy atom. The first-order chi connectivity index (χ1) is 12.8. The Morgan fingerprint density at radius 2 is 1.96 bits per heavy atom. The average Bonchev–Trinajstić information content (AvgIpc) is 3.06. The van der Waals surface area contributed by atoms with Gasteiger partial charge < -0.3 is 14.5 Å². The van der Waals surface area contributed by atoms with Gasteiger partial charge in [0, 0.05) is 19.2 Å². The maximum Gasteiger partial charge on any atom is 0.248 e. The predicted octanol–water partition coefficient (Wildman–Crippen LogP) is 3.73. The molecule has 0 spiro atoms. The van der Waals surface area contributed by atoms with Gasteiger partial charge in [0.15, 0.2) is 4.67 Å². The smallest absolute Gasteiger partial charge is 0.248 e. The molecular weight excluding hydrogens is 436 g/mol. The van der Waals surface area contributed by atoms with Crippen molar-refractivity contribution < 1.29 is 22.4 Å². The summed E-state index contributed by atoms with van der Waals surface area (Å²) in [5.74, 6) is 0.413. The number of hydrogen-bond donors (Lipinski definition) is 1. The van der Waals surface area contributed by atoms with Crippen molar-refractivity contribution in [3.63, 3.8) is 0 Å². The number of sulfonamides is 1. The van der Waals surface area contributed by atoms with E-state index in [1.165, 1.54) is 41.8 Å². The molecule has 0 radical (unpaired) electrons. The number of carbonyl (C=O) groups is 1. The van der Waals surface area contributed by atoms with Crippen molar-refractivity contribution in [2.75, 3.05) is 25.5 Å². The van der Waals surface area contributed by atoms with E-state index in [4.69, 9.17) is 9.15 Å². The molecule has 0 aliphatic carbocycles. The first-order valence-electron chi connectivity index (χ1n) is 8.24. The summed E-state index contributed by atoms with van der Waals surface area (Å²) >= 11 is 3.18. The molecule has 1 N–H and O–H groups in total. The van der Waals surface area contributed by atoms with E-state index in [-0.39, 0.29) is 10.6 Å². The number of nitrogens with one attached hydrogen (secondary N) is 1. The second-order valence-electron chi connectivity index (χ2n) is 5.42. The largest absolute Gasteiger partial charge is 0.495 e. The molecule has 0 aliphatic rings. The van der Waals surface area contributed by atoms with Crippen LogP contribution in [-0.4, -0.2) is 38.8 Å². The van der Waals surface area contributed by atoms with Gasteiger partial charge in [0.1, 0.15) is 11.5 Å². The number of ether oxygens (including phenoxy) is 1. The molecular formula is C18H21BrN2O5S. The van der Waals surface area contributed by atoms with E-state index in [1.807, 2.05) is 0 Å². The van der Waals surface area contributed by atoms with Gasteiger partial charge in [-0.15, -0.1) is 0 Å². The number of halogens is 1. The lowest BCUT2D eigenvalue weighted by atomic mass is 10.3. The molecule has 7 nitrogen and oxygen atoms in total.